The first-order valence-electron chi connectivity index (χ1n) is 8.16. The molecule has 2 N–H and O–H groups in total. The summed E-state index contributed by atoms with van der Waals surface area (Å²) in [4.78, 5) is 0. The van der Waals surface area contributed by atoms with Crippen LogP contribution in [-0.4, -0.2) is 24.4 Å². The minimum atomic E-state index is 0.176. The van der Waals surface area contributed by atoms with Crippen molar-refractivity contribution in [2.75, 3.05) is 14.2 Å². The quantitative estimate of drug-likeness (QED) is 0.800. The molecule has 0 aliphatic carbocycles. The van der Waals surface area contributed by atoms with E-state index in [1.54, 1.807) is 38.5 Å². The van der Waals surface area contributed by atoms with Crippen molar-refractivity contribution in [2.24, 2.45) is 11.8 Å². The monoisotopic (exact) mass is 330 g/mol. The van der Waals surface area contributed by atoms with Gasteiger partial charge in [0.15, 0.2) is 23.0 Å². The fraction of sp³-hybridized carbons (Fsp3) is 0.400. The molecule has 0 saturated heterocycles. The molecule has 0 heterocycles. The predicted octanol–water partition coefficient (Wildman–Crippen LogP) is 4.17. The van der Waals surface area contributed by atoms with E-state index in [-0.39, 0.29) is 11.5 Å². The first kappa shape index (κ1) is 18.0. The van der Waals surface area contributed by atoms with Gasteiger partial charge in [0.2, 0.25) is 0 Å². The van der Waals surface area contributed by atoms with Crippen molar-refractivity contribution >= 4 is 0 Å². The fourth-order valence-corrected chi connectivity index (χ4v) is 2.87. The van der Waals surface area contributed by atoms with Gasteiger partial charge in [-0.3, -0.25) is 0 Å². The average Bonchev–Trinajstić information content (AvgIpc) is 2.55. The Kier molecular flexibility index (Phi) is 5.96. The maximum Gasteiger partial charge on any atom is 0.160 e. The molecule has 4 heteroatoms. The van der Waals surface area contributed by atoms with Crippen LogP contribution in [0.3, 0.4) is 0 Å². The third-order valence-corrected chi connectivity index (χ3v) is 4.57. The molecule has 130 valence electrons. The van der Waals surface area contributed by atoms with Crippen LogP contribution in [0.25, 0.3) is 0 Å². The second kappa shape index (κ2) is 7.95. The van der Waals surface area contributed by atoms with Crippen LogP contribution in [0.15, 0.2) is 36.4 Å². The molecule has 0 aliphatic heterocycles. The highest BCUT2D eigenvalue weighted by molar-refractivity contribution is 5.42. The first-order valence-corrected chi connectivity index (χ1v) is 8.16. The van der Waals surface area contributed by atoms with Crippen LogP contribution in [0.2, 0.25) is 0 Å². The summed E-state index contributed by atoms with van der Waals surface area (Å²) in [6.07, 6.45) is 1.75. The van der Waals surface area contributed by atoms with E-state index in [0.29, 0.717) is 23.3 Å². The highest BCUT2D eigenvalue weighted by Gasteiger charge is 2.15. The van der Waals surface area contributed by atoms with Crippen molar-refractivity contribution in [2.45, 2.75) is 26.7 Å². The number of hydrogen-bond donors (Lipinski definition) is 2. The molecule has 2 aromatic rings. The van der Waals surface area contributed by atoms with Gasteiger partial charge in [0.25, 0.3) is 0 Å². The van der Waals surface area contributed by atoms with Crippen LogP contribution < -0.4 is 9.47 Å². The van der Waals surface area contributed by atoms with E-state index >= 15 is 0 Å². The standard InChI is InChI=1S/C20H26O4/c1-13(9-15-5-7-19(23-3)17(21)11-15)14(2)10-16-6-8-20(24-4)18(22)12-16/h5-8,11-14,21-22H,9-10H2,1-4H3/t13-,14+. The van der Waals surface area contributed by atoms with Crippen molar-refractivity contribution < 1.29 is 19.7 Å². The highest BCUT2D eigenvalue weighted by atomic mass is 16.5. The van der Waals surface area contributed by atoms with Gasteiger partial charge in [0.1, 0.15) is 0 Å². The van der Waals surface area contributed by atoms with Crippen LogP contribution in [0.1, 0.15) is 25.0 Å². The van der Waals surface area contributed by atoms with Gasteiger partial charge in [0.05, 0.1) is 14.2 Å². The molecule has 0 saturated carbocycles. The number of ether oxygens (including phenoxy) is 2. The normalized spacial score (nSPS) is 13.3. The molecule has 2 atom stereocenters. The molecule has 24 heavy (non-hydrogen) atoms. The molecule has 0 bridgehead atoms. The van der Waals surface area contributed by atoms with Gasteiger partial charge in [0, 0.05) is 0 Å². The first-order chi connectivity index (χ1) is 11.4. The Morgan fingerprint density at radius 3 is 1.42 bits per heavy atom. The Labute approximate surface area is 143 Å². The Morgan fingerprint density at radius 1 is 0.750 bits per heavy atom. The van der Waals surface area contributed by atoms with Crippen molar-refractivity contribution in [3.63, 3.8) is 0 Å². The van der Waals surface area contributed by atoms with Gasteiger partial charge < -0.3 is 19.7 Å². The SMILES string of the molecule is COc1ccc(C[C@@H](C)[C@@H](C)Cc2ccc(OC)c(O)c2)cc1O. The maximum absolute atomic E-state index is 9.89. The van der Waals surface area contributed by atoms with E-state index < -0.39 is 0 Å². The summed E-state index contributed by atoms with van der Waals surface area (Å²) in [6, 6.07) is 11.1. The predicted molar refractivity (Wildman–Crippen MR) is 95.1 cm³/mol. The number of aromatic hydroxyl groups is 2. The smallest absolute Gasteiger partial charge is 0.160 e. The van der Waals surface area contributed by atoms with Gasteiger partial charge in [-0.2, -0.15) is 0 Å². The zero-order chi connectivity index (χ0) is 17.7. The average molecular weight is 330 g/mol. The summed E-state index contributed by atoms with van der Waals surface area (Å²) in [7, 11) is 3.09. The molecule has 4 nitrogen and oxygen atoms in total. The van der Waals surface area contributed by atoms with E-state index in [2.05, 4.69) is 13.8 Å². The molecule has 0 unspecified atom stereocenters. The molecule has 2 rings (SSSR count). The fourth-order valence-electron chi connectivity index (χ4n) is 2.87. The van der Waals surface area contributed by atoms with Gasteiger partial charge in [-0.15, -0.1) is 0 Å². The van der Waals surface area contributed by atoms with E-state index in [0.717, 1.165) is 24.0 Å². The third kappa shape index (κ3) is 4.34. The third-order valence-electron chi connectivity index (χ3n) is 4.57. The lowest BCUT2D eigenvalue weighted by molar-refractivity contribution is 0.365. The summed E-state index contributed by atoms with van der Waals surface area (Å²) < 4.78 is 10.2. The number of methoxy groups -OCH3 is 2. The lowest BCUT2D eigenvalue weighted by Crippen LogP contribution is -2.13. The van der Waals surface area contributed by atoms with Crippen LogP contribution in [0, 0.1) is 11.8 Å². The van der Waals surface area contributed by atoms with Crippen LogP contribution in [-0.2, 0) is 12.8 Å². The van der Waals surface area contributed by atoms with Crippen LogP contribution in [0.5, 0.6) is 23.0 Å². The van der Waals surface area contributed by atoms with Crippen LogP contribution in [0.4, 0.5) is 0 Å². The molecule has 0 amide bonds. The lowest BCUT2D eigenvalue weighted by Gasteiger charge is -2.21. The maximum atomic E-state index is 9.89. The van der Waals surface area contributed by atoms with Gasteiger partial charge in [-0.05, 0) is 60.1 Å². The summed E-state index contributed by atoms with van der Waals surface area (Å²) in [6.45, 7) is 4.41. The van der Waals surface area contributed by atoms with Gasteiger partial charge >= 0.3 is 0 Å². The molecule has 2 aromatic carbocycles. The largest absolute Gasteiger partial charge is 0.504 e. The lowest BCUT2D eigenvalue weighted by atomic mass is 9.85. The van der Waals surface area contributed by atoms with Gasteiger partial charge in [-0.25, -0.2) is 0 Å². The number of hydrogen-bond acceptors (Lipinski definition) is 4. The zero-order valence-electron chi connectivity index (χ0n) is 14.7. The van der Waals surface area contributed by atoms with Crippen molar-refractivity contribution in [1.29, 1.82) is 0 Å². The van der Waals surface area contributed by atoms with E-state index in [1.807, 2.05) is 12.1 Å². The Hall–Kier alpha value is -2.36. The Morgan fingerprint density at radius 2 is 1.12 bits per heavy atom. The Bertz CT molecular complexity index is 622. The second-order valence-corrected chi connectivity index (χ2v) is 6.38. The van der Waals surface area contributed by atoms with Crippen LogP contribution >= 0.6 is 0 Å². The second-order valence-electron chi connectivity index (χ2n) is 6.38. The molecule has 0 spiro atoms. The van der Waals surface area contributed by atoms with E-state index in [4.69, 9.17) is 9.47 Å². The topological polar surface area (TPSA) is 58.9 Å². The Balaban J connectivity index is 2.00. The molecular weight excluding hydrogens is 304 g/mol. The number of phenolic OH excluding ortho intramolecular Hbond substituents is 2. The number of phenols is 2. The molecular formula is C20H26O4. The van der Waals surface area contributed by atoms with Crippen molar-refractivity contribution in [1.82, 2.24) is 0 Å². The number of benzene rings is 2. The number of rotatable bonds is 7. The molecule has 0 aliphatic rings. The summed E-state index contributed by atoms with van der Waals surface area (Å²) >= 11 is 0. The van der Waals surface area contributed by atoms with Crippen molar-refractivity contribution in [3.8, 4) is 23.0 Å². The molecule has 0 radical (unpaired) electrons. The summed E-state index contributed by atoms with van der Waals surface area (Å²) in [5.41, 5.74) is 2.18. The summed E-state index contributed by atoms with van der Waals surface area (Å²) in [5, 5.41) is 19.8. The molecule has 0 fully saturated rings. The van der Waals surface area contributed by atoms with Crippen molar-refractivity contribution in [3.05, 3.63) is 47.5 Å². The highest BCUT2D eigenvalue weighted by Crippen LogP contribution is 2.31. The minimum absolute atomic E-state index is 0.176. The zero-order valence-corrected chi connectivity index (χ0v) is 14.7. The molecule has 0 aromatic heterocycles. The van der Waals surface area contributed by atoms with Gasteiger partial charge in [-0.1, -0.05) is 26.0 Å². The van der Waals surface area contributed by atoms with E-state index in [9.17, 15) is 10.2 Å². The minimum Gasteiger partial charge on any atom is -0.504 e. The summed E-state index contributed by atoms with van der Waals surface area (Å²) in [5.74, 6) is 2.20. The van der Waals surface area contributed by atoms with E-state index in [1.165, 1.54) is 0 Å².